The van der Waals surface area contributed by atoms with Crippen molar-refractivity contribution >= 4 is 5.91 Å². The van der Waals surface area contributed by atoms with Crippen molar-refractivity contribution in [2.45, 2.75) is 64.7 Å². The van der Waals surface area contributed by atoms with E-state index in [2.05, 4.69) is 6.92 Å². The summed E-state index contributed by atoms with van der Waals surface area (Å²) < 4.78 is 45.2. The Kier molecular flexibility index (Phi) is 8.96. The van der Waals surface area contributed by atoms with Crippen LogP contribution in [0.3, 0.4) is 0 Å². The number of unbranched alkanes of at least 4 members (excludes halogenated alkanes) is 3. The van der Waals surface area contributed by atoms with Gasteiger partial charge in [-0.15, -0.1) is 0 Å². The highest BCUT2D eigenvalue weighted by Crippen LogP contribution is 2.34. The number of carbonyl (C=O) groups is 1. The summed E-state index contributed by atoms with van der Waals surface area (Å²) in [5.74, 6) is 0.236. The van der Waals surface area contributed by atoms with Gasteiger partial charge in [0.25, 0.3) is 0 Å². The van der Waals surface area contributed by atoms with Gasteiger partial charge in [0.05, 0.1) is 5.56 Å². The molecule has 0 aliphatic rings. The van der Waals surface area contributed by atoms with Crippen molar-refractivity contribution in [2.75, 3.05) is 0 Å². The van der Waals surface area contributed by atoms with Gasteiger partial charge in [-0.3, -0.25) is 4.79 Å². The molecule has 2 N–H and O–H groups in total. The second-order valence-corrected chi connectivity index (χ2v) is 8.69. The monoisotopic (exact) mass is 483 g/mol. The largest absolute Gasteiger partial charge is 0.486 e. The number of carbonyl (C=O) groups excluding carboxylic acids is 1. The van der Waals surface area contributed by atoms with E-state index in [-0.39, 0.29) is 6.10 Å². The molecule has 1 atom stereocenters. The first kappa shape index (κ1) is 26.3. The average Bonchev–Trinajstić information content (AvgIpc) is 2.85. The molecule has 0 bridgehead atoms. The summed E-state index contributed by atoms with van der Waals surface area (Å²) in [6.07, 6.45) is 1.43. The second-order valence-electron chi connectivity index (χ2n) is 8.69. The van der Waals surface area contributed by atoms with E-state index in [1.165, 1.54) is 12.1 Å². The number of halogens is 3. The van der Waals surface area contributed by atoms with Gasteiger partial charge >= 0.3 is 6.18 Å². The molecule has 0 radical (unpaired) electrons. The molecule has 0 heterocycles. The highest BCUT2D eigenvalue weighted by atomic mass is 19.4. The van der Waals surface area contributed by atoms with Crippen molar-refractivity contribution in [1.82, 2.24) is 0 Å². The maximum absolute atomic E-state index is 12.9. The fourth-order valence-corrected chi connectivity index (χ4v) is 4.13. The Morgan fingerprint density at radius 2 is 1.60 bits per heavy atom. The van der Waals surface area contributed by atoms with Gasteiger partial charge < -0.3 is 10.5 Å². The first-order valence-electron chi connectivity index (χ1n) is 12.1. The highest BCUT2D eigenvalue weighted by molar-refractivity contribution is 5.92. The molecular formula is C29H32F3NO2. The summed E-state index contributed by atoms with van der Waals surface area (Å²) in [4.78, 5) is 11.4. The number of hydrogen-bond donors (Lipinski definition) is 1. The van der Waals surface area contributed by atoms with Crippen LogP contribution in [-0.2, 0) is 12.6 Å². The molecule has 1 amide bonds. The van der Waals surface area contributed by atoms with Crippen LogP contribution in [0.1, 0.15) is 79.1 Å². The summed E-state index contributed by atoms with van der Waals surface area (Å²) in [7, 11) is 0. The van der Waals surface area contributed by atoms with Gasteiger partial charge in [0.1, 0.15) is 11.9 Å². The fourth-order valence-electron chi connectivity index (χ4n) is 4.13. The van der Waals surface area contributed by atoms with Crippen LogP contribution in [0.2, 0.25) is 0 Å². The Hall–Kier alpha value is -3.28. The van der Waals surface area contributed by atoms with Crippen LogP contribution in [0.4, 0.5) is 13.2 Å². The molecule has 3 aromatic rings. The lowest BCUT2D eigenvalue weighted by molar-refractivity contribution is -0.137. The topological polar surface area (TPSA) is 52.3 Å². The van der Waals surface area contributed by atoms with Gasteiger partial charge in [-0.05, 0) is 77.9 Å². The number of aryl methyl sites for hydroxylation is 1. The predicted octanol–water partition coefficient (Wildman–Crippen LogP) is 8.12. The van der Waals surface area contributed by atoms with Crippen molar-refractivity contribution in [3.8, 4) is 16.9 Å². The highest BCUT2D eigenvalue weighted by Gasteiger charge is 2.30. The van der Waals surface area contributed by atoms with E-state index in [1.54, 1.807) is 12.1 Å². The summed E-state index contributed by atoms with van der Waals surface area (Å²) in [5, 5.41) is 0. The van der Waals surface area contributed by atoms with Crippen LogP contribution in [0.25, 0.3) is 11.1 Å². The van der Waals surface area contributed by atoms with Gasteiger partial charge in [-0.1, -0.05) is 63.4 Å². The Balaban J connectivity index is 1.84. The third-order valence-electron chi connectivity index (χ3n) is 6.15. The molecule has 0 saturated carbocycles. The maximum atomic E-state index is 12.9. The number of amides is 1. The average molecular weight is 484 g/mol. The Morgan fingerprint density at radius 3 is 2.17 bits per heavy atom. The minimum atomic E-state index is -4.36. The van der Waals surface area contributed by atoms with E-state index in [0.29, 0.717) is 17.7 Å². The normalized spacial score (nSPS) is 12.4. The van der Waals surface area contributed by atoms with Crippen LogP contribution in [0, 0.1) is 0 Å². The zero-order valence-corrected chi connectivity index (χ0v) is 20.2. The predicted molar refractivity (Wildman–Crippen MR) is 133 cm³/mol. The van der Waals surface area contributed by atoms with Gasteiger partial charge in [0, 0.05) is 5.56 Å². The summed E-state index contributed by atoms with van der Waals surface area (Å²) in [6.45, 7) is 4.18. The molecule has 6 heteroatoms. The SMILES string of the molecule is CCCCCCC(Oc1ccc(-c2ccc(C(F)(F)F)cc2)c(CC)c1)c1ccc(C(N)=O)cc1. The summed E-state index contributed by atoms with van der Waals surface area (Å²) in [6, 6.07) is 18.2. The molecule has 0 spiro atoms. The maximum Gasteiger partial charge on any atom is 0.416 e. The fraction of sp³-hybridized carbons (Fsp3) is 0.345. The van der Waals surface area contributed by atoms with Crippen LogP contribution in [0.5, 0.6) is 5.75 Å². The molecule has 0 aliphatic carbocycles. The van der Waals surface area contributed by atoms with Gasteiger partial charge in [0.2, 0.25) is 5.91 Å². The zero-order chi connectivity index (χ0) is 25.4. The molecule has 3 nitrogen and oxygen atoms in total. The number of nitrogens with two attached hydrogens (primary N) is 1. The first-order chi connectivity index (χ1) is 16.7. The number of ether oxygens (including phenoxy) is 1. The third-order valence-corrected chi connectivity index (χ3v) is 6.15. The standard InChI is InChI=1S/C29H32F3NO2/c1-3-5-6-7-8-27(22-9-11-23(12-10-22)28(33)34)35-25-17-18-26(20(4-2)19-25)21-13-15-24(16-14-21)29(30,31)32/h9-19,27H,3-8H2,1-2H3,(H2,33,34). The van der Waals surface area contributed by atoms with Crippen molar-refractivity contribution in [3.63, 3.8) is 0 Å². The van der Waals surface area contributed by atoms with Crippen molar-refractivity contribution in [2.24, 2.45) is 5.73 Å². The zero-order valence-electron chi connectivity index (χ0n) is 20.2. The molecule has 1 unspecified atom stereocenters. The van der Waals surface area contributed by atoms with E-state index >= 15 is 0 Å². The van der Waals surface area contributed by atoms with E-state index in [1.807, 2.05) is 37.3 Å². The molecule has 0 aliphatic heterocycles. The van der Waals surface area contributed by atoms with Crippen LogP contribution in [-0.4, -0.2) is 5.91 Å². The lowest BCUT2D eigenvalue weighted by atomic mass is 9.96. The van der Waals surface area contributed by atoms with E-state index in [4.69, 9.17) is 10.5 Å². The number of hydrogen-bond acceptors (Lipinski definition) is 2. The number of alkyl halides is 3. The number of rotatable bonds is 11. The van der Waals surface area contributed by atoms with Gasteiger partial charge in [-0.2, -0.15) is 13.2 Å². The minimum absolute atomic E-state index is 0.185. The molecule has 3 rings (SSSR count). The third kappa shape index (κ3) is 7.10. The van der Waals surface area contributed by atoms with Gasteiger partial charge in [0.15, 0.2) is 0 Å². The Bertz CT molecular complexity index is 1110. The van der Waals surface area contributed by atoms with Crippen LogP contribution >= 0.6 is 0 Å². The number of benzene rings is 3. The van der Waals surface area contributed by atoms with Crippen molar-refractivity contribution < 1.29 is 22.7 Å². The molecule has 35 heavy (non-hydrogen) atoms. The van der Waals surface area contributed by atoms with Crippen molar-refractivity contribution in [1.29, 1.82) is 0 Å². The minimum Gasteiger partial charge on any atom is -0.486 e. The molecular weight excluding hydrogens is 451 g/mol. The molecule has 0 fully saturated rings. The summed E-state index contributed by atoms with van der Waals surface area (Å²) in [5.41, 5.74) is 8.76. The molecule has 0 saturated heterocycles. The van der Waals surface area contributed by atoms with E-state index in [0.717, 1.165) is 66.5 Å². The quantitative estimate of drug-likeness (QED) is 0.280. The summed E-state index contributed by atoms with van der Waals surface area (Å²) >= 11 is 0. The Labute approximate surface area is 205 Å². The lowest BCUT2D eigenvalue weighted by Gasteiger charge is -2.21. The lowest BCUT2D eigenvalue weighted by Crippen LogP contribution is -2.12. The van der Waals surface area contributed by atoms with Crippen molar-refractivity contribution in [3.05, 3.63) is 89.0 Å². The molecule has 0 aromatic heterocycles. The molecule has 186 valence electrons. The first-order valence-corrected chi connectivity index (χ1v) is 12.1. The smallest absolute Gasteiger partial charge is 0.416 e. The van der Waals surface area contributed by atoms with Gasteiger partial charge in [-0.25, -0.2) is 0 Å². The van der Waals surface area contributed by atoms with Crippen LogP contribution in [0.15, 0.2) is 66.7 Å². The Morgan fingerprint density at radius 1 is 0.914 bits per heavy atom. The second kappa shape index (κ2) is 11.9. The molecule has 3 aromatic carbocycles. The van der Waals surface area contributed by atoms with E-state index < -0.39 is 17.6 Å². The number of primary amides is 1. The van der Waals surface area contributed by atoms with E-state index in [9.17, 15) is 18.0 Å². The van der Waals surface area contributed by atoms with Crippen LogP contribution < -0.4 is 10.5 Å².